The molecule has 0 spiro atoms. The number of hydrogen-bond donors (Lipinski definition) is 2. The molecule has 4 heteroatoms. The first-order valence-electron chi connectivity index (χ1n) is 7.00. The molecule has 1 heterocycles. The molecule has 0 aromatic carbocycles. The molecule has 0 bridgehead atoms. The molecule has 2 aliphatic rings. The van der Waals surface area contributed by atoms with Crippen molar-refractivity contribution in [1.29, 1.82) is 0 Å². The largest absolute Gasteiger partial charge is 0.392 e. The van der Waals surface area contributed by atoms with Crippen molar-refractivity contribution < 1.29 is 9.84 Å². The standard InChI is InChI=1S/C13H26N2O2/c14-8-13-10-15(5-6-17-13)9-12(16)7-11-3-1-2-4-11/h11-13,16H,1-10,14H2. The van der Waals surface area contributed by atoms with Crippen LogP contribution in [0.3, 0.4) is 0 Å². The highest BCUT2D eigenvalue weighted by molar-refractivity contribution is 4.77. The number of nitrogens with two attached hydrogens (primary N) is 1. The lowest BCUT2D eigenvalue weighted by molar-refractivity contribution is -0.0378. The lowest BCUT2D eigenvalue weighted by Gasteiger charge is -2.33. The van der Waals surface area contributed by atoms with Crippen molar-refractivity contribution in [2.24, 2.45) is 11.7 Å². The van der Waals surface area contributed by atoms with Crippen molar-refractivity contribution in [3.63, 3.8) is 0 Å². The minimum Gasteiger partial charge on any atom is -0.392 e. The van der Waals surface area contributed by atoms with Gasteiger partial charge in [0.05, 0.1) is 18.8 Å². The molecule has 2 atom stereocenters. The van der Waals surface area contributed by atoms with E-state index in [0.717, 1.165) is 38.6 Å². The number of aliphatic hydroxyl groups excluding tert-OH is 1. The zero-order valence-electron chi connectivity index (χ0n) is 10.7. The second kappa shape index (κ2) is 6.69. The van der Waals surface area contributed by atoms with Crippen LogP contribution in [-0.2, 0) is 4.74 Å². The first-order valence-corrected chi connectivity index (χ1v) is 7.00. The summed E-state index contributed by atoms with van der Waals surface area (Å²) >= 11 is 0. The summed E-state index contributed by atoms with van der Waals surface area (Å²) in [5, 5.41) is 10.1. The average Bonchev–Trinajstić information content (AvgIpc) is 2.82. The van der Waals surface area contributed by atoms with Gasteiger partial charge in [0.25, 0.3) is 0 Å². The summed E-state index contributed by atoms with van der Waals surface area (Å²) in [6.07, 6.45) is 6.29. The fourth-order valence-corrected chi connectivity index (χ4v) is 3.09. The van der Waals surface area contributed by atoms with Crippen LogP contribution in [0.4, 0.5) is 0 Å². The van der Waals surface area contributed by atoms with Gasteiger partial charge in [-0.1, -0.05) is 25.7 Å². The van der Waals surface area contributed by atoms with Crippen LogP contribution in [0.25, 0.3) is 0 Å². The van der Waals surface area contributed by atoms with Crippen molar-refractivity contribution in [3.8, 4) is 0 Å². The lowest BCUT2D eigenvalue weighted by Crippen LogP contribution is -2.48. The van der Waals surface area contributed by atoms with Gasteiger partial charge in [0.1, 0.15) is 0 Å². The first-order chi connectivity index (χ1) is 8.28. The van der Waals surface area contributed by atoms with Crippen LogP contribution >= 0.6 is 0 Å². The third-order valence-electron chi connectivity index (χ3n) is 4.03. The van der Waals surface area contributed by atoms with E-state index >= 15 is 0 Å². The summed E-state index contributed by atoms with van der Waals surface area (Å²) in [6, 6.07) is 0. The number of β-amino-alcohol motifs (C(OH)–C–C–N with tert-alkyl or cyclic N) is 1. The third kappa shape index (κ3) is 4.21. The van der Waals surface area contributed by atoms with Crippen molar-refractivity contribution >= 4 is 0 Å². The van der Waals surface area contributed by atoms with Crippen molar-refractivity contribution in [3.05, 3.63) is 0 Å². The van der Waals surface area contributed by atoms with Crippen molar-refractivity contribution in [2.45, 2.75) is 44.3 Å². The monoisotopic (exact) mass is 242 g/mol. The Morgan fingerprint density at radius 3 is 2.82 bits per heavy atom. The number of rotatable bonds is 5. The van der Waals surface area contributed by atoms with Crippen LogP contribution in [-0.4, -0.2) is 55.0 Å². The normalized spacial score (nSPS) is 29.6. The number of nitrogens with zero attached hydrogens (tertiary/aromatic N) is 1. The van der Waals surface area contributed by atoms with Crippen LogP contribution < -0.4 is 5.73 Å². The molecule has 1 aliphatic heterocycles. The topological polar surface area (TPSA) is 58.7 Å². The van der Waals surface area contributed by atoms with Gasteiger partial charge in [-0.15, -0.1) is 0 Å². The fraction of sp³-hybridized carbons (Fsp3) is 1.00. The van der Waals surface area contributed by atoms with Gasteiger partial charge in [0.15, 0.2) is 0 Å². The van der Waals surface area contributed by atoms with Crippen LogP contribution in [0.1, 0.15) is 32.1 Å². The van der Waals surface area contributed by atoms with E-state index in [-0.39, 0.29) is 12.2 Å². The Labute approximate surface area is 104 Å². The molecular weight excluding hydrogens is 216 g/mol. The Kier molecular flexibility index (Phi) is 5.22. The Bertz CT molecular complexity index is 219. The van der Waals surface area contributed by atoms with Gasteiger partial charge >= 0.3 is 0 Å². The molecule has 1 saturated heterocycles. The summed E-state index contributed by atoms with van der Waals surface area (Å²) in [6.45, 7) is 3.92. The molecule has 0 amide bonds. The summed E-state index contributed by atoms with van der Waals surface area (Å²) in [4.78, 5) is 2.29. The number of aliphatic hydroxyl groups is 1. The van der Waals surface area contributed by atoms with E-state index in [0.29, 0.717) is 6.54 Å². The maximum Gasteiger partial charge on any atom is 0.0824 e. The van der Waals surface area contributed by atoms with E-state index in [9.17, 15) is 5.11 Å². The van der Waals surface area contributed by atoms with Gasteiger partial charge in [-0.25, -0.2) is 0 Å². The predicted octanol–water partition coefficient (Wildman–Crippen LogP) is 0.587. The summed E-state index contributed by atoms with van der Waals surface area (Å²) in [7, 11) is 0. The van der Waals surface area contributed by atoms with Crippen molar-refractivity contribution in [2.75, 3.05) is 32.8 Å². The molecule has 17 heavy (non-hydrogen) atoms. The van der Waals surface area contributed by atoms with E-state index in [2.05, 4.69) is 4.90 Å². The second-order valence-electron chi connectivity index (χ2n) is 5.53. The predicted molar refractivity (Wildman–Crippen MR) is 67.8 cm³/mol. The summed E-state index contributed by atoms with van der Waals surface area (Å²) in [5.74, 6) is 0.761. The maximum atomic E-state index is 10.1. The molecule has 0 aromatic rings. The molecule has 0 aromatic heterocycles. The van der Waals surface area contributed by atoms with Crippen LogP contribution in [0, 0.1) is 5.92 Å². The minimum absolute atomic E-state index is 0.155. The van der Waals surface area contributed by atoms with Crippen molar-refractivity contribution in [1.82, 2.24) is 4.90 Å². The van der Waals surface area contributed by atoms with Crippen LogP contribution in [0.15, 0.2) is 0 Å². The molecule has 2 fully saturated rings. The molecular formula is C13H26N2O2. The van der Waals surface area contributed by atoms with E-state index in [1.54, 1.807) is 0 Å². The molecule has 2 unspecified atom stereocenters. The van der Waals surface area contributed by atoms with E-state index in [1.807, 2.05) is 0 Å². The molecule has 1 aliphatic carbocycles. The van der Waals surface area contributed by atoms with Gasteiger partial charge in [0, 0.05) is 26.2 Å². The zero-order chi connectivity index (χ0) is 12.1. The van der Waals surface area contributed by atoms with Gasteiger partial charge in [0.2, 0.25) is 0 Å². The van der Waals surface area contributed by atoms with Gasteiger partial charge < -0.3 is 15.6 Å². The summed E-state index contributed by atoms with van der Waals surface area (Å²) in [5.41, 5.74) is 5.61. The van der Waals surface area contributed by atoms with E-state index < -0.39 is 0 Å². The highest BCUT2D eigenvalue weighted by atomic mass is 16.5. The van der Waals surface area contributed by atoms with Crippen LogP contribution in [0.5, 0.6) is 0 Å². The lowest BCUT2D eigenvalue weighted by atomic mass is 9.99. The van der Waals surface area contributed by atoms with Gasteiger partial charge in [-0.3, -0.25) is 4.90 Å². The third-order valence-corrected chi connectivity index (χ3v) is 4.03. The Hall–Kier alpha value is -0.160. The number of hydrogen-bond acceptors (Lipinski definition) is 4. The van der Waals surface area contributed by atoms with Crippen LogP contribution in [0.2, 0.25) is 0 Å². The average molecular weight is 242 g/mol. The Morgan fingerprint density at radius 2 is 2.12 bits per heavy atom. The van der Waals surface area contributed by atoms with Gasteiger partial charge in [-0.05, 0) is 12.3 Å². The second-order valence-corrected chi connectivity index (χ2v) is 5.53. The SMILES string of the molecule is NCC1CN(CC(O)CC2CCCC2)CCO1. The highest BCUT2D eigenvalue weighted by Crippen LogP contribution is 2.28. The Morgan fingerprint density at radius 1 is 1.35 bits per heavy atom. The number of ether oxygens (including phenoxy) is 1. The first kappa shape index (κ1) is 13.3. The van der Waals surface area contributed by atoms with Gasteiger partial charge in [-0.2, -0.15) is 0 Å². The molecule has 4 nitrogen and oxygen atoms in total. The summed E-state index contributed by atoms with van der Waals surface area (Å²) < 4.78 is 5.52. The maximum absolute atomic E-state index is 10.1. The molecule has 1 saturated carbocycles. The number of morpholine rings is 1. The molecule has 100 valence electrons. The quantitative estimate of drug-likeness (QED) is 0.741. The molecule has 3 N–H and O–H groups in total. The highest BCUT2D eigenvalue weighted by Gasteiger charge is 2.23. The zero-order valence-corrected chi connectivity index (χ0v) is 10.7. The van der Waals surface area contributed by atoms with E-state index in [1.165, 1.54) is 25.7 Å². The molecule has 2 rings (SSSR count). The van der Waals surface area contributed by atoms with E-state index in [4.69, 9.17) is 10.5 Å². The fourth-order valence-electron chi connectivity index (χ4n) is 3.09. The molecule has 0 radical (unpaired) electrons. The smallest absolute Gasteiger partial charge is 0.0824 e. The minimum atomic E-state index is -0.172. The Balaban J connectivity index is 1.68.